The van der Waals surface area contributed by atoms with E-state index in [1.54, 1.807) is 6.92 Å². The summed E-state index contributed by atoms with van der Waals surface area (Å²) in [6, 6.07) is 8.23. The molecule has 2 N–H and O–H groups in total. The lowest BCUT2D eigenvalue weighted by atomic mass is 10.1. The van der Waals surface area contributed by atoms with Crippen LogP contribution in [0.3, 0.4) is 0 Å². The summed E-state index contributed by atoms with van der Waals surface area (Å²) in [7, 11) is 0. The molecule has 5 nitrogen and oxygen atoms in total. The zero-order valence-electron chi connectivity index (χ0n) is 11.3. The number of aryl methyl sites for hydroxylation is 2. The smallest absolute Gasteiger partial charge is 0.264 e. The standard InChI is InChI=1S/C14H19N3O2/c1-10(15)3-4-12-5-7-13(8-6-12)18-9-14-16-11(2)17-19-14/h5-8,10H,3-4,9,15H2,1-2H3. The predicted octanol–water partition coefficient (Wildman–Crippen LogP) is 2.24. The molecule has 0 spiro atoms. The van der Waals surface area contributed by atoms with Crippen molar-refractivity contribution in [1.82, 2.24) is 10.1 Å². The minimum Gasteiger partial charge on any atom is -0.484 e. The van der Waals surface area contributed by atoms with Gasteiger partial charge in [-0.05, 0) is 44.4 Å². The highest BCUT2D eigenvalue weighted by atomic mass is 16.5. The molecule has 0 amide bonds. The van der Waals surface area contributed by atoms with Crippen LogP contribution in [0.5, 0.6) is 5.75 Å². The monoisotopic (exact) mass is 261 g/mol. The summed E-state index contributed by atoms with van der Waals surface area (Å²) in [6.07, 6.45) is 1.97. The average molecular weight is 261 g/mol. The molecular formula is C14H19N3O2. The Morgan fingerprint density at radius 1 is 1.32 bits per heavy atom. The molecule has 0 aliphatic heterocycles. The van der Waals surface area contributed by atoms with Crippen molar-refractivity contribution in [2.45, 2.75) is 39.3 Å². The van der Waals surface area contributed by atoms with Gasteiger partial charge in [-0.25, -0.2) is 0 Å². The highest BCUT2D eigenvalue weighted by Crippen LogP contribution is 2.15. The van der Waals surface area contributed by atoms with E-state index in [2.05, 4.69) is 22.3 Å². The molecule has 1 unspecified atom stereocenters. The van der Waals surface area contributed by atoms with Gasteiger partial charge in [-0.2, -0.15) is 4.98 Å². The van der Waals surface area contributed by atoms with Crippen LogP contribution in [0.1, 0.15) is 30.6 Å². The molecule has 19 heavy (non-hydrogen) atoms. The van der Waals surface area contributed by atoms with Gasteiger partial charge in [0.15, 0.2) is 12.4 Å². The number of nitrogens with two attached hydrogens (primary N) is 1. The van der Waals surface area contributed by atoms with Crippen LogP contribution in [0.15, 0.2) is 28.8 Å². The van der Waals surface area contributed by atoms with E-state index in [9.17, 15) is 0 Å². The Morgan fingerprint density at radius 3 is 2.63 bits per heavy atom. The molecule has 2 aromatic rings. The number of hydrogen-bond donors (Lipinski definition) is 1. The number of rotatable bonds is 6. The van der Waals surface area contributed by atoms with Gasteiger partial charge in [0.05, 0.1) is 0 Å². The van der Waals surface area contributed by atoms with E-state index in [0.29, 0.717) is 18.3 Å². The van der Waals surface area contributed by atoms with Gasteiger partial charge in [0.2, 0.25) is 0 Å². The summed E-state index contributed by atoms with van der Waals surface area (Å²) in [6.45, 7) is 4.09. The number of ether oxygens (including phenoxy) is 1. The van der Waals surface area contributed by atoms with Gasteiger partial charge >= 0.3 is 0 Å². The summed E-state index contributed by atoms with van der Waals surface area (Å²) in [4.78, 5) is 4.08. The maximum atomic E-state index is 5.74. The minimum absolute atomic E-state index is 0.233. The van der Waals surface area contributed by atoms with E-state index in [1.807, 2.05) is 19.1 Å². The first-order valence-corrected chi connectivity index (χ1v) is 6.40. The highest BCUT2D eigenvalue weighted by Gasteiger charge is 2.04. The summed E-state index contributed by atoms with van der Waals surface area (Å²) < 4.78 is 10.5. The SMILES string of the molecule is Cc1noc(COc2ccc(CCC(C)N)cc2)n1. The molecule has 1 aromatic carbocycles. The Kier molecular flexibility index (Phi) is 4.52. The molecule has 5 heteroatoms. The maximum Gasteiger partial charge on any atom is 0.264 e. The van der Waals surface area contributed by atoms with Gasteiger partial charge < -0.3 is 15.0 Å². The molecule has 0 saturated heterocycles. The Bertz CT molecular complexity index is 506. The van der Waals surface area contributed by atoms with Crippen molar-refractivity contribution in [2.24, 2.45) is 5.73 Å². The molecule has 0 aliphatic rings. The van der Waals surface area contributed by atoms with E-state index in [4.69, 9.17) is 15.0 Å². The lowest BCUT2D eigenvalue weighted by Gasteiger charge is -2.07. The molecule has 102 valence electrons. The van der Waals surface area contributed by atoms with Crippen LogP contribution < -0.4 is 10.5 Å². The van der Waals surface area contributed by atoms with Crippen LogP contribution >= 0.6 is 0 Å². The van der Waals surface area contributed by atoms with Crippen molar-refractivity contribution in [2.75, 3.05) is 0 Å². The van der Waals surface area contributed by atoms with Crippen molar-refractivity contribution < 1.29 is 9.26 Å². The Hall–Kier alpha value is -1.88. The van der Waals surface area contributed by atoms with Crippen molar-refractivity contribution in [3.8, 4) is 5.75 Å². The fraction of sp³-hybridized carbons (Fsp3) is 0.429. The quantitative estimate of drug-likeness (QED) is 0.863. The number of nitrogens with zero attached hydrogens (tertiary/aromatic N) is 2. The van der Waals surface area contributed by atoms with E-state index in [0.717, 1.165) is 18.6 Å². The van der Waals surface area contributed by atoms with E-state index in [-0.39, 0.29) is 6.04 Å². The number of aromatic nitrogens is 2. The fourth-order valence-corrected chi connectivity index (χ4v) is 1.69. The number of hydrogen-bond acceptors (Lipinski definition) is 5. The van der Waals surface area contributed by atoms with Gasteiger partial charge in [0.25, 0.3) is 5.89 Å². The third-order valence-electron chi connectivity index (χ3n) is 2.74. The Morgan fingerprint density at radius 2 is 2.05 bits per heavy atom. The molecule has 2 rings (SSSR count). The molecule has 0 saturated carbocycles. The predicted molar refractivity (Wildman–Crippen MR) is 71.8 cm³/mol. The third kappa shape index (κ3) is 4.37. The summed E-state index contributed by atoms with van der Waals surface area (Å²) in [5.74, 6) is 1.89. The van der Waals surface area contributed by atoms with Crippen molar-refractivity contribution in [1.29, 1.82) is 0 Å². The second kappa shape index (κ2) is 6.33. The topological polar surface area (TPSA) is 74.2 Å². The van der Waals surface area contributed by atoms with E-state index >= 15 is 0 Å². The average Bonchev–Trinajstić information content (AvgIpc) is 2.81. The van der Waals surface area contributed by atoms with Crippen LogP contribution in [-0.2, 0) is 13.0 Å². The third-order valence-corrected chi connectivity index (χ3v) is 2.74. The van der Waals surface area contributed by atoms with Crippen LogP contribution in [0.2, 0.25) is 0 Å². The van der Waals surface area contributed by atoms with Gasteiger partial charge in [0, 0.05) is 6.04 Å². The zero-order chi connectivity index (χ0) is 13.7. The van der Waals surface area contributed by atoms with Gasteiger partial charge in [0.1, 0.15) is 5.75 Å². The molecule has 0 fully saturated rings. The summed E-state index contributed by atoms with van der Waals surface area (Å²) >= 11 is 0. The van der Waals surface area contributed by atoms with E-state index < -0.39 is 0 Å². The molecular weight excluding hydrogens is 242 g/mol. The molecule has 0 bridgehead atoms. The van der Waals surface area contributed by atoms with Crippen LogP contribution in [-0.4, -0.2) is 16.2 Å². The van der Waals surface area contributed by atoms with Crippen molar-refractivity contribution in [3.63, 3.8) is 0 Å². The van der Waals surface area contributed by atoms with Gasteiger partial charge in [-0.1, -0.05) is 17.3 Å². The first kappa shape index (κ1) is 13.5. The molecule has 0 aliphatic carbocycles. The highest BCUT2D eigenvalue weighted by molar-refractivity contribution is 5.27. The van der Waals surface area contributed by atoms with Crippen LogP contribution in [0.4, 0.5) is 0 Å². The summed E-state index contributed by atoms with van der Waals surface area (Å²) in [5, 5.41) is 3.71. The molecule has 1 heterocycles. The first-order valence-electron chi connectivity index (χ1n) is 6.40. The Labute approximate surface area is 112 Å². The maximum absolute atomic E-state index is 5.74. The van der Waals surface area contributed by atoms with Crippen LogP contribution in [0, 0.1) is 6.92 Å². The lowest BCUT2D eigenvalue weighted by Crippen LogP contribution is -2.15. The normalized spacial score (nSPS) is 12.4. The largest absolute Gasteiger partial charge is 0.484 e. The van der Waals surface area contributed by atoms with Crippen molar-refractivity contribution >= 4 is 0 Å². The van der Waals surface area contributed by atoms with E-state index in [1.165, 1.54) is 5.56 Å². The lowest BCUT2D eigenvalue weighted by molar-refractivity contribution is 0.242. The second-order valence-electron chi connectivity index (χ2n) is 4.68. The Balaban J connectivity index is 1.84. The van der Waals surface area contributed by atoms with Crippen molar-refractivity contribution in [3.05, 3.63) is 41.5 Å². The fourth-order valence-electron chi connectivity index (χ4n) is 1.69. The molecule has 0 radical (unpaired) electrons. The zero-order valence-corrected chi connectivity index (χ0v) is 11.3. The molecule has 1 aromatic heterocycles. The minimum atomic E-state index is 0.233. The van der Waals surface area contributed by atoms with Crippen LogP contribution in [0.25, 0.3) is 0 Å². The molecule has 1 atom stereocenters. The van der Waals surface area contributed by atoms with Gasteiger partial charge in [-0.3, -0.25) is 0 Å². The number of benzene rings is 1. The summed E-state index contributed by atoms with van der Waals surface area (Å²) in [5.41, 5.74) is 7.00. The second-order valence-corrected chi connectivity index (χ2v) is 4.68. The first-order chi connectivity index (χ1) is 9.13. The van der Waals surface area contributed by atoms with Gasteiger partial charge in [-0.15, -0.1) is 0 Å².